The van der Waals surface area contributed by atoms with E-state index in [-0.39, 0.29) is 0 Å². The highest BCUT2D eigenvalue weighted by Gasteiger charge is 2.14. The van der Waals surface area contributed by atoms with Crippen LogP contribution in [0.5, 0.6) is 0 Å². The summed E-state index contributed by atoms with van der Waals surface area (Å²) >= 11 is 3.33. The summed E-state index contributed by atoms with van der Waals surface area (Å²) in [5.74, 6) is -0.432. The first-order valence-electron chi connectivity index (χ1n) is 6.42. The summed E-state index contributed by atoms with van der Waals surface area (Å²) in [7, 11) is 0. The van der Waals surface area contributed by atoms with Gasteiger partial charge in [0.05, 0.1) is 6.21 Å². The maximum atomic E-state index is 11.8. The van der Waals surface area contributed by atoms with E-state index in [1.54, 1.807) is 31.2 Å². The molecule has 1 aromatic carbocycles. The van der Waals surface area contributed by atoms with Crippen molar-refractivity contribution in [1.82, 2.24) is 5.43 Å². The van der Waals surface area contributed by atoms with Gasteiger partial charge in [0.25, 0.3) is 0 Å². The zero-order valence-corrected chi connectivity index (χ0v) is 13.6. The van der Waals surface area contributed by atoms with Crippen LogP contribution in [0, 0.1) is 13.8 Å². The number of carbonyl (C=O) groups excluding carboxylic acids is 2. The van der Waals surface area contributed by atoms with Crippen LogP contribution in [0.1, 0.15) is 17.1 Å². The Morgan fingerprint density at radius 3 is 2.59 bits per heavy atom. The van der Waals surface area contributed by atoms with Crippen LogP contribution in [0.25, 0.3) is 0 Å². The highest BCUT2D eigenvalue weighted by atomic mass is 79.9. The molecule has 114 valence electrons. The number of hydrazone groups is 1. The largest absolute Gasteiger partial charge is 0.460 e. The molecule has 0 bridgehead atoms. The van der Waals surface area contributed by atoms with Crippen molar-refractivity contribution in [3.8, 4) is 0 Å². The van der Waals surface area contributed by atoms with E-state index in [2.05, 4.69) is 31.8 Å². The second-order valence-electron chi connectivity index (χ2n) is 4.56. The standard InChI is InChI=1S/C15H14BrN3O3/c1-9-7-11(16)4-6-13(9)18-14(20)15(21)19-17-8-12-5-3-10(2)22-12/h3-8H,1-2H3,(H,18,20)(H,19,21)/b17-8+. The molecule has 2 aromatic rings. The number of hydrogen-bond acceptors (Lipinski definition) is 4. The average molecular weight is 364 g/mol. The van der Waals surface area contributed by atoms with Crippen LogP contribution in [-0.4, -0.2) is 18.0 Å². The molecule has 0 spiro atoms. The molecule has 2 N–H and O–H groups in total. The van der Waals surface area contributed by atoms with Crippen LogP contribution in [0.2, 0.25) is 0 Å². The number of furan rings is 1. The van der Waals surface area contributed by atoms with Crippen molar-refractivity contribution in [3.63, 3.8) is 0 Å². The lowest BCUT2D eigenvalue weighted by Crippen LogP contribution is -2.32. The Kier molecular flexibility index (Phi) is 5.11. The minimum atomic E-state index is -0.859. The van der Waals surface area contributed by atoms with Crippen molar-refractivity contribution in [3.05, 3.63) is 51.9 Å². The first kappa shape index (κ1) is 16.0. The van der Waals surface area contributed by atoms with Gasteiger partial charge in [0.2, 0.25) is 0 Å². The molecule has 1 aromatic heterocycles. The maximum absolute atomic E-state index is 11.8. The van der Waals surface area contributed by atoms with Gasteiger partial charge in [0.15, 0.2) is 0 Å². The molecule has 7 heteroatoms. The van der Waals surface area contributed by atoms with Crippen molar-refractivity contribution in [2.45, 2.75) is 13.8 Å². The summed E-state index contributed by atoms with van der Waals surface area (Å²) in [5, 5.41) is 6.19. The number of halogens is 1. The van der Waals surface area contributed by atoms with E-state index in [1.807, 2.05) is 13.0 Å². The van der Waals surface area contributed by atoms with Crippen LogP contribution in [0.3, 0.4) is 0 Å². The molecule has 2 rings (SSSR count). The van der Waals surface area contributed by atoms with E-state index < -0.39 is 11.8 Å². The third-order valence-corrected chi connectivity index (χ3v) is 3.26. The average Bonchev–Trinajstić information content (AvgIpc) is 2.87. The molecule has 0 aliphatic rings. The van der Waals surface area contributed by atoms with Gasteiger partial charge in [-0.2, -0.15) is 5.10 Å². The predicted octanol–water partition coefficient (Wildman–Crippen LogP) is 2.75. The van der Waals surface area contributed by atoms with Gasteiger partial charge in [-0.05, 0) is 49.7 Å². The van der Waals surface area contributed by atoms with Gasteiger partial charge in [0.1, 0.15) is 11.5 Å². The minimum Gasteiger partial charge on any atom is -0.460 e. The minimum absolute atomic E-state index is 0.488. The quantitative estimate of drug-likeness (QED) is 0.499. The van der Waals surface area contributed by atoms with Gasteiger partial charge in [-0.1, -0.05) is 15.9 Å². The van der Waals surface area contributed by atoms with E-state index >= 15 is 0 Å². The number of benzene rings is 1. The number of hydrogen-bond donors (Lipinski definition) is 2. The molecule has 6 nitrogen and oxygen atoms in total. The van der Waals surface area contributed by atoms with Crippen LogP contribution in [0.15, 0.2) is 44.3 Å². The predicted molar refractivity (Wildman–Crippen MR) is 86.7 cm³/mol. The molecule has 0 saturated carbocycles. The number of aryl methyl sites for hydroxylation is 2. The third kappa shape index (κ3) is 4.29. The topological polar surface area (TPSA) is 83.7 Å². The second-order valence-corrected chi connectivity index (χ2v) is 5.48. The maximum Gasteiger partial charge on any atom is 0.329 e. The van der Waals surface area contributed by atoms with Crippen molar-refractivity contribution in [2.75, 3.05) is 5.32 Å². The lowest BCUT2D eigenvalue weighted by Gasteiger charge is -2.07. The van der Waals surface area contributed by atoms with Gasteiger partial charge < -0.3 is 9.73 Å². The molecular formula is C15H14BrN3O3. The van der Waals surface area contributed by atoms with E-state index in [4.69, 9.17) is 4.42 Å². The number of carbonyl (C=O) groups is 2. The molecule has 0 fully saturated rings. The van der Waals surface area contributed by atoms with Gasteiger partial charge in [-0.3, -0.25) is 9.59 Å². The molecule has 0 radical (unpaired) electrons. The molecule has 0 saturated heterocycles. The van der Waals surface area contributed by atoms with Crippen molar-refractivity contribution >= 4 is 39.6 Å². The third-order valence-electron chi connectivity index (χ3n) is 2.76. The monoisotopic (exact) mass is 363 g/mol. The number of nitrogens with zero attached hydrogens (tertiary/aromatic N) is 1. The lowest BCUT2D eigenvalue weighted by molar-refractivity contribution is -0.136. The van der Waals surface area contributed by atoms with E-state index in [0.29, 0.717) is 11.4 Å². The molecule has 0 unspecified atom stereocenters. The van der Waals surface area contributed by atoms with E-state index in [0.717, 1.165) is 15.8 Å². The SMILES string of the molecule is Cc1ccc(/C=N/NC(=O)C(=O)Nc2ccc(Br)cc2C)o1. The molecule has 0 atom stereocenters. The Bertz CT molecular complexity index is 737. The number of rotatable bonds is 3. The first-order valence-corrected chi connectivity index (χ1v) is 7.22. The van der Waals surface area contributed by atoms with E-state index in [1.165, 1.54) is 6.21 Å². The Labute approximate surface area is 135 Å². The van der Waals surface area contributed by atoms with Gasteiger partial charge in [0, 0.05) is 10.2 Å². The van der Waals surface area contributed by atoms with Crippen molar-refractivity contribution in [1.29, 1.82) is 0 Å². The van der Waals surface area contributed by atoms with Crippen LogP contribution >= 0.6 is 15.9 Å². The summed E-state index contributed by atoms with van der Waals surface area (Å²) < 4.78 is 6.14. The zero-order chi connectivity index (χ0) is 16.1. The molecule has 0 aliphatic carbocycles. The fourth-order valence-electron chi connectivity index (χ4n) is 1.67. The highest BCUT2D eigenvalue weighted by molar-refractivity contribution is 9.10. The summed E-state index contributed by atoms with van der Waals surface area (Å²) in [6, 6.07) is 8.80. The summed E-state index contributed by atoms with van der Waals surface area (Å²) in [6.07, 6.45) is 1.32. The van der Waals surface area contributed by atoms with Gasteiger partial charge in [-0.25, -0.2) is 5.43 Å². The first-order chi connectivity index (χ1) is 10.5. The van der Waals surface area contributed by atoms with Gasteiger partial charge in [-0.15, -0.1) is 0 Å². The fraction of sp³-hybridized carbons (Fsp3) is 0.133. The Morgan fingerprint density at radius 1 is 1.18 bits per heavy atom. The number of anilines is 1. The number of amides is 2. The second kappa shape index (κ2) is 7.04. The Morgan fingerprint density at radius 2 is 1.95 bits per heavy atom. The van der Waals surface area contributed by atoms with Crippen LogP contribution in [0.4, 0.5) is 5.69 Å². The summed E-state index contributed by atoms with van der Waals surface area (Å²) in [6.45, 7) is 3.62. The smallest absolute Gasteiger partial charge is 0.329 e. The van der Waals surface area contributed by atoms with E-state index in [9.17, 15) is 9.59 Å². The van der Waals surface area contributed by atoms with Gasteiger partial charge >= 0.3 is 11.8 Å². The molecule has 1 heterocycles. The van der Waals surface area contributed by atoms with Crippen LogP contribution < -0.4 is 10.7 Å². The van der Waals surface area contributed by atoms with Crippen molar-refractivity contribution < 1.29 is 14.0 Å². The van der Waals surface area contributed by atoms with Crippen molar-refractivity contribution in [2.24, 2.45) is 5.10 Å². The fourth-order valence-corrected chi connectivity index (χ4v) is 2.15. The molecular weight excluding hydrogens is 350 g/mol. The highest BCUT2D eigenvalue weighted by Crippen LogP contribution is 2.19. The summed E-state index contributed by atoms with van der Waals surface area (Å²) in [4.78, 5) is 23.4. The normalized spacial score (nSPS) is 10.7. The molecule has 22 heavy (non-hydrogen) atoms. The molecule has 0 aliphatic heterocycles. The Balaban J connectivity index is 1.92. The zero-order valence-electron chi connectivity index (χ0n) is 12.0. The lowest BCUT2D eigenvalue weighted by atomic mass is 10.2. The Hall–Kier alpha value is -2.41. The van der Waals surface area contributed by atoms with Crippen LogP contribution in [-0.2, 0) is 9.59 Å². The molecule has 2 amide bonds. The number of nitrogens with one attached hydrogen (secondary N) is 2. The summed E-state index contributed by atoms with van der Waals surface area (Å²) in [5.41, 5.74) is 3.54.